The maximum absolute atomic E-state index is 13.1. The van der Waals surface area contributed by atoms with E-state index in [1.807, 2.05) is 13.0 Å². The Kier molecular flexibility index (Phi) is 7.24. The smallest absolute Gasteiger partial charge is 0.256 e. The maximum Gasteiger partial charge on any atom is 0.256 e. The molecule has 140 valence electrons. The number of carbonyl (C=O) groups is 1. The van der Waals surface area contributed by atoms with Crippen molar-refractivity contribution in [3.05, 3.63) is 17.8 Å². The number of carbonyl (C=O) groups excluding carboxylic acids is 1. The summed E-state index contributed by atoms with van der Waals surface area (Å²) in [6.45, 7) is 9.47. The second kappa shape index (κ2) is 9.18. The van der Waals surface area contributed by atoms with Crippen LogP contribution in [0.2, 0.25) is 0 Å². The van der Waals surface area contributed by atoms with Crippen molar-refractivity contribution in [3.63, 3.8) is 0 Å². The first kappa shape index (κ1) is 19.7. The van der Waals surface area contributed by atoms with E-state index < -0.39 is 5.60 Å². The highest BCUT2D eigenvalue weighted by Gasteiger charge is 2.42. The van der Waals surface area contributed by atoms with Gasteiger partial charge < -0.3 is 14.8 Å². The van der Waals surface area contributed by atoms with Crippen LogP contribution in [0.4, 0.5) is 5.69 Å². The highest BCUT2D eigenvalue weighted by atomic mass is 16.5. The molecule has 0 bridgehead atoms. The molecular formula is C20H32N2O3. The van der Waals surface area contributed by atoms with Crippen molar-refractivity contribution in [1.82, 2.24) is 4.98 Å². The summed E-state index contributed by atoms with van der Waals surface area (Å²) >= 11 is 0. The Labute approximate surface area is 151 Å². The highest BCUT2D eigenvalue weighted by molar-refractivity contribution is 5.97. The topological polar surface area (TPSA) is 60.5 Å². The SMILES string of the molecule is CCCOc1ccc(NC(=O)[C@]2(OCCC)CCC[C@H](C)C2)c(C)n1. The van der Waals surface area contributed by atoms with Crippen molar-refractivity contribution in [2.45, 2.75) is 71.8 Å². The Hall–Kier alpha value is -1.62. The monoisotopic (exact) mass is 348 g/mol. The van der Waals surface area contributed by atoms with Gasteiger partial charge >= 0.3 is 0 Å². The number of pyridine rings is 1. The zero-order chi connectivity index (χ0) is 18.3. The number of nitrogens with one attached hydrogen (secondary N) is 1. The van der Waals surface area contributed by atoms with Crippen molar-refractivity contribution in [2.24, 2.45) is 5.92 Å². The average molecular weight is 348 g/mol. The first-order valence-electron chi connectivity index (χ1n) is 9.56. The van der Waals surface area contributed by atoms with Gasteiger partial charge in [0.1, 0.15) is 5.60 Å². The normalized spacial score (nSPS) is 23.3. The summed E-state index contributed by atoms with van der Waals surface area (Å²) in [6, 6.07) is 3.67. The van der Waals surface area contributed by atoms with Crippen molar-refractivity contribution in [3.8, 4) is 5.88 Å². The van der Waals surface area contributed by atoms with E-state index in [1.54, 1.807) is 6.07 Å². The Balaban J connectivity index is 2.12. The minimum absolute atomic E-state index is 0.0420. The Bertz CT molecular complexity index is 576. The second-order valence-corrected chi connectivity index (χ2v) is 7.13. The zero-order valence-corrected chi connectivity index (χ0v) is 16.1. The molecule has 0 radical (unpaired) electrons. The summed E-state index contributed by atoms with van der Waals surface area (Å²) in [6.07, 6.45) is 5.60. The van der Waals surface area contributed by atoms with E-state index in [-0.39, 0.29) is 5.91 Å². The van der Waals surface area contributed by atoms with Gasteiger partial charge in [0.2, 0.25) is 5.88 Å². The Morgan fingerprint density at radius 2 is 2.08 bits per heavy atom. The van der Waals surface area contributed by atoms with Gasteiger partial charge in [0.25, 0.3) is 5.91 Å². The summed E-state index contributed by atoms with van der Waals surface area (Å²) in [5, 5.41) is 3.05. The summed E-state index contributed by atoms with van der Waals surface area (Å²) in [4.78, 5) is 17.5. The third kappa shape index (κ3) is 5.18. The third-order valence-electron chi connectivity index (χ3n) is 4.71. The number of aromatic nitrogens is 1. The average Bonchev–Trinajstić information content (AvgIpc) is 2.60. The van der Waals surface area contributed by atoms with Crippen molar-refractivity contribution >= 4 is 11.6 Å². The molecule has 25 heavy (non-hydrogen) atoms. The number of nitrogens with zero attached hydrogens (tertiary/aromatic N) is 1. The predicted octanol–water partition coefficient (Wildman–Crippen LogP) is 4.49. The molecule has 1 amide bonds. The maximum atomic E-state index is 13.1. The van der Waals surface area contributed by atoms with Gasteiger partial charge in [-0.3, -0.25) is 4.79 Å². The fourth-order valence-corrected chi connectivity index (χ4v) is 3.40. The van der Waals surface area contributed by atoms with Crippen molar-refractivity contribution < 1.29 is 14.3 Å². The van der Waals surface area contributed by atoms with Crippen LogP contribution in [0.25, 0.3) is 0 Å². The Morgan fingerprint density at radius 3 is 2.72 bits per heavy atom. The number of hydrogen-bond acceptors (Lipinski definition) is 4. The number of aryl methyl sites for hydroxylation is 1. The highest BCUT2D eigenvalue weighted by Crippen LogP contribution is 2.36. The molecule has 1 aliphatic carbocycles. The van der Waals surface area contributed by atoms with Crippen molar-refractivity contribution in [1.29, 1.82) is 0 Å². The quantitative estimate of drug-likeness (QED) is 0.752. The molecule has 2 rings (SSSR count). The van der Waals surface area contributed by atoms with E-state index in [2.05, 4.69) is 31.1 Å². The van der Waals surface area contributed by atoms with Gasteiger partial charge in [0.05, 0.1) is 18.0 Å². The lowest BCUT2D eigenvalue weighted by atomic mass is 9.78. The van der Waals surface area contributed by atoms with E-state index in [0.717, 1.165) is 49.9 Å². The lowest BCUT2D eigenvalue weighted by Gasteiger charge is -2.38. The van der Waals surface area contributed by atoms with Crippen LogP contribution < -0.4 is 10.1 Å². The molecule has 1 aliphatic rings. The van der Waals surface area contributed by atoms with Crippen LogP contribution >= 0.6 is 0 Å². The molecule has 2 atom stereocenters. The number of ether oxygens (including phenoxy) is 2. The minimum Gasteiger partial charge on any atom is -0.478 e. The number of amides is 1. The van der Waals surface area contributed by atoms with Gasteiger partial charge in [-0.05, 0) is 51.0 Å². The van der Waals surface area contributed by atoms with Gasteiger partial charge in [0, 0.05) is 12.7 Å². The van der Waals surface area contributed by atoms with Crippen LogP contribution in [0, 0.1) is 12.8 Å². The Morgan fingerprint density at radius 1 is 1.32 bits per heavy atom. The molecule has 5 nitrogen and oxygen atoms in total. The van der Waals surface area contributed by atoms with Gasteiger partial charge in [-0.15, -0.1) is 0 Å². The summed E-state index contributed by atoms with van der Waals surface area (Å²) in [5.74, 6) is 1.06. The van der Waals surface area contributed by atoms with E-state index in [1.165, 1.54) is 0 Å². The molecule has 1 aromatic heterocycles. The molecule has 0 unspecified atom stereocenters. The lowest BCUT2D eigenvalue weighted by molar-refractivity contribution is -0.148. The molecular weight excluding hydrogens is 316 g/mol. The standard InChI is InChI=1S/C20H32N2O3/c1-5-12-24-18-10-9-17(16(4)21-18)22-19(23)20(25-13-6-2)11-7-8-15(3)14-20/h9-10,15H,5-8,11-14H2,1-4H3,(H,22,23)/t15-,20-/m0/s1. The fraction of sp³-hybridized carbons (Fsp3) is 0.700. The fourth-order valence-electron chi connectivity index (χ4n) is 3.40. The van der Waals surface area contributed by atoms with E-state index >= 15 is 0 Å². The van der Waals surface area contributed by atoms with Gasteiger partial charge in [-0.1, -0.05) is 27.2 Å². The van der Waals surface area contributed by atoms with Crippen LogP contribution in [0.15, 0.2) is 12.1 Å². The van der Waals surface area contributed by atoms with Crippen LogP contribution in [-0.2, 0) is 9.53 Å². The van der Waals surface area contributed by atoms with Crippen LogP contribution in [-0.4, -0.2) is 29.7 Å². The molecule has 0 aliphatic heterocycles. The lowest BCUT2D eigenvalue weighted by Crippen LogP contribution is -2.49. The van der Waals surface area contributed by atoms with Gasteiger partial charge in [-0.25, -0.2) is 4.98 Å². The molecule has 0 aromatic carbocycles. The number of anilines is 1. The molecule has 1 heterocycles. The summed E-state index contributed by atoms with van der Waals surface area (Å²) in [7, 11) is 0. The number of rotatable bonds is 8. The van der Waals surface area contributed by atoms with E-state index in [0.29, 0.717) is 25.0 Å². The first-order chi connectivity index (χ1) is 12.0. The summed E-state index contributed by atoms with van der Waals surface area (Å²) < 4.78 is 11.6. The second-order valence-electron chi connectivity index (χ2n) is 7.13. The molecule has 5 heteroatoms. The van der Waals surface area contributed by atoms with Crippen LogP contribution in [0.1, 0.15) is 65.0 Å². The van der Waals surface area contributed by atoms with Crippen LogP contribution in [0.3, 0.4) is 0 Å². The van der Waals surface area contributed by atoms with Crippen LogP contribution in [0.5, 0.6) is 5.88 Å². The number of hydrogen-bond donors (Lipinski definition) is 1. The van der Waals surface area contributed by atoms with E-state index in [4.69, 9.17) is 9.47 Å². The molecule has 1 N–H and O–H groups in total. The zero-order valence-electron chi connectivity index (χ0n) is 16.1. The summed E-state index contributed by atoms with van der Waals surface area (Å²) in [5.41, 5.74) is 0.778. The van der Waals surface area contributed by atoms with Crippen molar-refractivity contribution in [2.75, 3.05) is 18.5 Å². The molecule has 1 fully saturated rings. The minimum atomic E-state index is -0.711. The van der Waals surface area contributed by atoms with Gasteiger partial charge in [0.15, 0.2) is 0 Å². The molecule has 1 saturated carbocycles. The molecule has 1 aromatic rings. The third-order valence-corrected chi connectivity index (χ3v) is 4.71. The molecule has 0 spiro atoms. The predicted molar refractivity (Wildman–Crippen MR) is 100.0 cm³/mol. The first-order valence-corrected chi connectivity index (χ1v) is 9.56. The van der Waals surface area contributed by atoms with E-state index in [9.17, 15) is 4.79 Å². The van der Waals surface area contributed by atoms with Gasteiger partial charge in [-0.2, -0.15) is 0 Å². The largest absolute Gasteiger partial charge is 0.478 e. The molecule has 0 saturated heterocycles.